The summed E-state index contributed by atoms with van der Waals surface area (Å²) in [4.78, 5) is 38.1. The molecule has 69 heavy (non-hydrogen) atoms. The smallest absolute Gasteiger partial charge is 0.306 e. The van der Waals surface area contributed by atoms with Crippen LogP contribution in [0.2, 0.25) is 0 Å². The molecule has 0 aromatic rings. The molecule has 0 aromatic carbocycles. The van der Waals surface area contributed by atoms with Crippen LogP contribution < -0.4 is 0 Å². The first kappa shape index (κ1) is 65.6. The van der Waals surface area contributed by atoms with Crippen LogP contribution in [0.4, 0.5) is 0 Å². The standard InChI is InChI=1S/C63H108O6/c1-4-7-10-13-16-19-22-25-27-29-30-31-32-34-35-38-41-44-47-50-53-56-62(65)68-59-60(58-67-61(64)55-52-49-46-43-40-37-24-21-18-15-12-9-6-3)69-63(66)57-54-51-48-45-42-39-36-33-28-26-23-20-17-14-11-8-5-2/h9,12,17-18,20-22,25-26,28-30,37,40,60H,4-8,10-11,13-16,19,23-24,27,31-36,38-39,41-59H2,1-3H3/b12-9-,20-17-,21-18-,25-22-,28-26-,30-29-,40-37-. The lowest BCUT2D eigenvalue weighted by molar-refractivity contribution is -0.167. The molecule has 0 aromatic heterocycles. The minimum atomic E-state index is -0.795. The monoisotopic (exact) mass is 961 g/mol. The Morgan fingerprint density at radius 3 is 0.928 bits per heavy atom. The van der Waals surface area contributed by atoms with E-state index in [1.54, 1.807) is 0 Å². The predicted octanol–water partition coefficient (Wildman–Crippen LogP) is 19.5. The second-order valence-corrected chi connectivity index (χ2v) is 19.2. The Hall–Kier alpha value is -3.41. The molecule has 0 N–H and O–H groups in total. The van der Waals surface area contributed by atoms with E-state index in [1.165, 1.54) is 135 Å². The van der Waals surface area contributed by atoms with Crippen molar-refractivity contribution < 1.29 is 28.6 Å². The molecule has 0 fully saturated rings. The van der Waals surface area contributed by atoms with Gasteiger partial charge < -0.3 is 14.2 Å². The van der Waals surface area contributed by atoms with Gasteiger partial charge in [0.1, 0.15) is 13.2 Å². The van der Waals surface area contributed by atoms with E-state index in [4.69, 9.17) is 14.2 Å². The SMILES string of the molecule is CC/C=C\C/C=C\C/C=C\CCCCCC(=O)OCC(COC(=O)CCCCCCCCCCC/C=C\C/C=C\CCCCCCC)OC(=O)CCCCCCCCC/C=C\C/C=C\CCCCC. The molecule has 1 unspecified atom stereocenters. The number of hydrogen-bond donors (Lipinski definition) is 0. The second kappa shape index (κ2) is 57.2. The molecule has 0 aliphatic carbocycles. The molecule has 0 aliphatic rings. The third kappa shape index (κ3) is 55.4. The first-order chi connectivity index (χ1) is 34.0. The highest BCUT2D eigenvalue weighted by Gasteiger charge is 2.19. The van der Waals surface area contributed by atoms with Crippen LogP contribution in [0.5, 0.6) is 0 Å². The molecule has 0 saturated heterocycles. The van der Waals surface area contributed by atoms with Crippen LogP contribution >= 0.6 is 0 Å². The predicted molar refractivity (Wildman–Crippen MR) is 297 cm³/mol. The van der Waals surface area contributed by atoms with Crippen LogP contribution in [0.1, 0.15) is 278 Å². The second-order valence-electron chi connectivity index (χ2n) is 19.2. The van der Waals surface area contributed by atoms with Crippen LogP contribution in [-0.2, 0) is 28.6 Å². The van der Waals surface area contributed by atoms with Gasteiger partial charge in [0.2, 0.25) is 0 Å². The van der Waals surface area contributed by atoms with E-state index in [2.05, 4.69) is 106 Å². The van der Waals surface area contributed by atoms with E-state index in [9.17, 15) is 14.4 Å². The van der Waals surface area contributed by atoms with Crippen LogP contribution in [0.25, 0.3) is 0 Å². The number of hydrogen-bond acceptors (Lipinski definition) is 6. The summed E-state index contributed by atoms with van der Waals surface area (Å²) in [5.41, 5.74) is 0. The van der Waals surface area contributed by atoms with E-state index in [0.29, 0.717) is 19.3 Å². The van der Waals surface area contributed by atoms with Gasteiger partial charge in [0.05, 0.1) is 0 Å². The molecule has 0 bridgehead atoms. The van der Waals surface area contributed by atoms with Gasteiger partial charge in [-0.3, -0.25) is 14.4 Å². The van der Waals surface area contributed by atoms with Crippen LogP contribution in [0, 0.1) is 0 Å². The Morgan fingerprint density at radius 2 is 0.565 bits per heavy atom. The van der Waals surface area contributed by atoms with Crippen molar-refractivity contribution in [3.63, 3.8) is 0 Å². The third-order valence-corrected chi connectivity index (χ3v) is 12.4. The topological polar surface area (TPSA) is 78.9 Å². The lowest BCUT2D eigenvalue weighted by Crippen LogP contribution is -2.30. The van der Waals surface area contributed by atoms with Crippen molar-refractivity contribution in [3.05, 3.63) is 85.1 Å². The summed E-state index contributed by atoms with van der Waals surface area (Å²) < 4.78 is 16.8. The number of allylic oxidation sites excluding steroid dienone is 14. The van der Waals surface area contributed by atoms with E-state index in [-0.39, 0.29) is 31.1 Å². The fourth-order valence-electron chi connectivity index (χ4n) is 7.99. The Labute approximate surface area is 426 Å². The summed E-state index contributed by atoms with van der Waals surface area (Å²) in [5, 5.41) is 0. The van der Waals surface area contributed by atoms with Crippen molar-refractivity contribution in [2.75, 3.05) is 13.2 Å². The summed E-state index contributed by atoms with van der Waals surface area (Å²) in [5.74, 6) is -0.928. The minimum absolute atomic E-state index is 0.0914. The lowest BCUT2D eigenvalue weighted by atomic mass is 10.1. The molecule has 0 amide bonds. The number of carbonyl (C=O) groups excluding carboxylic acids is 3. The van der Waals surface area contributed by atoms with Crippen molar-refractivity contribution in [1.29, 1.82) is 0 Å². The highest BCUT2D eigenvalue weighted by atomic mass is 16.6. The van der Waals surface area contributed by atoms with Gasteiger partial charge in [-0.2, -0.15) is 0 Å². The minimum Gasteiger partial charge on any atom is -0.462 e. The van der Waals surface area contributed by atoms with Crippen molar-refractivity contribution >= 4 is 17.9 Å². The molecule has 0 heterocycles. The van der Waals surface area contributed by atoms with Crippen LogP contribution in [0.15, 0.2) is 85.1 Å². The zero-order chi connectivity index (χ0) is 50.0. The first-order valence-corrected chi connectivity index (χ1v) is 29.1. The largest absolute Gasteiger partial charge is 0.462 e. The van der Waals surface area contributed by atoms with Gasteiger partial charge in [0.15, 0.2) is 6.10 Å². The molecule has 0 rings (SSSR count). The molecule has 396 valence electrons. The highest BCUT2D eigenvalue weighted by Crippen LogP contribution is 2.15. The Bertz CT molecular complexity index is 1330. The summed E-state index contributed by atoms with van der Waals surface area (Å²) >= 11 is 0. The summed E-state index contributed by atoms with van der Waals surface area (Å²) in [6.45, 7) is 6.47. The molecular weight excluding hydrogens is 853 g/mol. The van der Waals surface area contributed by atoms with Crippen LogP contribution in [-0.4, -0.2) is 37.2 Å². The highest BCUT2D eigenvalue weighted by molar-refractivity contribution is 5.71. The van der Waals surface area contributed by atoms with Crippen molar-refractivity contribution in [2.45, 2.75) is 284 Å². The van der Waals surface area contributed by atoms with Gasteiger partial charge in [-0.15, -0.1) is 0 Å². The summed E-state index contributed by atoms with van der Waals surface area (Å²) in [7, 11) is 0. The van der Waals surface area contributed by atoms with Gasteiger partial charge in [0.25, 0.3) is 0 Å². The van der Waals surface area contributed by atoms with E-state index < -0.39 is 6.10 Å². The molecule has 0 spiro atoms. The van der Waals surface area contributed by atoms with Gasteiger partial charge in [0, 0.05) is 19.3 Å². The van der Waals surface area contributed by atoms with Gasteiger partial charge >= 0.3 is 17.9 Å². The summed E-state index contributed by atoms with van der Waals surface area (Å²) in [6, 6.07) is 0. The fourth-order valence-corrected chi connectivity index (χ4v) is 7.99. The first-order valence-electron chi connectivity index (χ1n) is 29.1. The molecule has 6 heteroatoms. The average molecular weight is 962 g/mol. The Kier molecular flexibility index (Phi) is 54.3. The molecule has 1 atom stereocenters. The normalized spacial score (nSPS) is 12.7. The number of ether oxygens (including phenoxy) is 3. The van der Waals surface area contributed by atoms with Crippen molar-refractivity contribution in [3.8, 4) is 0 Å². The number of carbonyl (C=O) groups is 3. The van der Waals surface area contributed by atoms with E-state index in [0.717, 1.165) is 103 Å². The quantitative estimate of drug-likeness (QED) is 0.0262. The van der Waals surface area contributed by atoms with Gasteiger partial charge in [-0.1, -0.05) is 228 Å². The maximum absolute atomic E-state index is 12.9. The van der Waals surface area contributed by atoms with Crippen molar-refractivity contribution in [2.24, 2.45) is 0 Å². The fraction of sp³-hybridized carbons (Fsp3) is 0.730. The van der Waals surface area contributed by atoms with Crippen LogP contribution in [0.3, 0.4) is 0 Å². The number of unbranched alkanes of at least 4 members (excludes halogenated alkanes) is 27. The summed E-state index contributed by atoms with van der Waals surface area (Å²) in [6.07, 6.45) is 74.3. The number of rotatable bonds is 52. The Balaban J connectivity index is 4.39. The zero-order valence-electron chi connectivity index (χ0n) is 45.3. The van der Waals surface area contributed by atoms with E-state index in [1.807, 2.05) is 0 Å². The van der Waals surface area contributed by atoms with E-state index >= 15 is 0 Å². The number of esters is 3. The third-order valence-electron chi connectivity index (χ3n) is 12.4. The molecule has 0 radical (unpaired) electrons. The van der Waals surface area contributed by atoms with Gasteiger partial charge in [-0.25, -0.2) is 0 Å². The Morgan fingerprint density at radius 1 is 0.304 bits per heavy atom. The molecule has 0 saturated carbocycles. The van der Waals surface area contributed by atoms with Crippen molar-refractivity contribution in [1.82, 2.24) is 0 Å². The maximum atomic E-state index is 12.9. The zero-order valence-corrected chi connectivity index (χ0v) is 45.3. The molecule has 6 nitrogen and oxygen atoms in total. The molecular formula is C63H108O6. The maximum Gasteiger partial charge on any atom is 0.306 e. The van der Waals surface area contributed by atoms with Gasteiger partial charge in [-0.05, 0) is 116 Å². The molecule has 0 aliphatic heterocycles. The average Bonchev–Trinajstić information content (AvgIpc) is 3.35. The lowest BCUT2D eigenvalue weighted by Gasteiger charge is -2.18.